The van der Waals surface area contributed by atoms with Crippen molar-refractivity contribution in [2.45, 2.75) is 62.9 Å². The summed E-state index contributed by atoms with van der Waals surface area (Å²) in [5, 5.41) is -0.266. The first-order valence-corrected chi connectivity index (χ1v) is 11.4. The first-order valence-electron chi connectivity index (χ1n) is 9.22. The molecule has 1 atom stereocenters. The van der Waals surface area contributed by atoms with Crippen LogP contribution >= 0.6 is 11.6 Å². The van der Waals surface area contributed by atoms with E-state index in [4.69, 9.17) is 20.9 Å². The van der Waals surface area contributed by atoms with E-state index in [1.54, 1.807) is 0 Å². The Labute approximate surface area is 171 Å². The molecule has 11 heteroatoms. The topological polar surface area (TPSA) is 98.7 Å². The molecule has 28 heavy (non-hydrogen) atoms. The van der Waals surface area contributed by atoms with Gasteiger partial charge in [0.1, 0.15) is 5.88 Å². The van der Waals surface area contributed by atoms with Crippen LogP contribution in [-0.4, -0.2) is 71.7 Å². The molecule has 0 spiro atoms. The SMILES string of the molecule is CC1(C)OB(c2cnc(S(=O)(=O)C[C@H]3CCCN3C(=O)CCl)nc2)OC1(C)C. The third-order valence-corrected chi connectivity index (χ3v) is 7.49. The number of amides is 1. The Morgan fingerprint density at radius 2 is 1.82 bits per heavy atom. The Balaban J connectivity index is 1.73. The summed E-state index contributed by atoms with van der Waals surface area (Å²) in [7, 11) is -4.40. The number of aromatic nitrogens is 2. The van der Waals surface area contributed by atoms with Gasteiger partial charge in [-0.05, 0) is 40.5 Å². The second kappa shape index (κ2) is 7.55. The minimum atomic E-state index is -3.75. The average Bonchev–Trinajstić information content (AvgIpc) is 3.15. The highest BCUT2D eigenvalue weighted by molar-refractivity contribution is 7.91. The quantitative estimate of drug-likeness (QED) is 0.387. The Morgan fingerprint density at radius 1 is 1.25 bits per heavy atom. The van der Waals surface area contributed by atoms with E-state index in [2.05, 4.69) is 9.97 Å². The number of carbonyl (C=O) groups is 1. The number of sulfone groups is 1. The fraction of sp³-hybridized carbons (Fsp3) is 0.706. The Kier molecular flexibility index (Phi) is 5.79. The third kappa shape index (κ3) is 4.05. The van der Waals surface area contributed by atoms with Crippen LogP contribution in [0.3, 0.4) is 0 Å². The van der Waals surface area contributed by atoms with Crippen molar-refractivity contribution in [3.8, 4) is 0 Å². The number of hydrogen-bond acceptors (Lipinski definition) is 7. The van der Waals surface area contributed by atoms with Gasteiger partial charge in [0.25, 0.3) is 0 Å². The molecule has 1 aromatic rings. The van der Waals surface area contributed by atoms with Crippen LogP contribution in [0.25, 0.3) is 0 Å². The summed E-state index contributed by atoms with van der Waals surface area (Å²) in [5.41, 5.74) is -0.468. The molecule has 1 amide bonds. The first-order chi connectivity index (χ1) is 13.0. The van der Waals surface area contributed by atoms with Crippen molar-refractivity contribution in [2.75, 3.05) is 18.2 Å². The molecule has 0 aliphatic carbocycles. The van der Waals surface area contributed by atoms with Gasteiger partial charge in [-0.2, -0.15) is 0 Å². The fourth-order valence-corrected chi connectivity index (χ4v) is 4.91. The molecule has 0 N–H and O–H groups in total. The van der Waals surface area contributed by atoms with Crippen molar-refractivity contribution in [1.29, 1.82) is 0 Å². The summed E-state index contributed by atoms with van der Waals surface area (Å²) in [5.74, 6) is -0.627. The third-order valence-electron chi connectivity index (χ3n) is 5.68. The van der Waals surface area contributed by atoms with Crippen LogP contribution < -0.4 is 5.46 Å². The largest absolute Gasteiger partial charge is 0.498 e. The molecular weight excluding hydrogens is 405 g/mol. The van der Waals surface area contributed by atoms with Gasteiger partial charge in [-0.3, -0.25) is 4.79 Å². The molecule has 2 fully saturated rings. The van der Waals surface area contributed by atoms with E-state index in [0.717, 1.165) is 6.42 Å². The number of alkyl halides is 1. The number of carbonyl (C=O) groups excluding carboxylic acids is 1. The lowest BCUT2D eigenvalue weighted by Crippen LogP contribution is -2.41. The zero-order valence-electron chi connectivity index (χ0n) is 16.5. The van der Waals surface area contributed by atoms with Gasteiger partial charge in [0.2, 0.25) is 20.9 Å². The predicted molar refractivity (Wildman–Crippen MR) is 105 cm³/mol. The maximum atomic E-state index is 12.7. The normalized spacial score (nSPS) is 24.0. The summed E-state index contributed by atoms with van der Waals surface area (Å²) in [6.07, 6.45) is 4.20. The molecule has 0 radical (unpaired) electrons. The second-order valence-electron chi connectivity index (χ2n) is 8.19. The average molecular weight is 430 g/mol. The molecule has 8 nitrogen and oxygen atoms in total. The molecule has 0 bridgehead atoms. The van der Waals surface area contributed by atoms with Crippen molar-refractivity contribution in [1.82, 2.24) is 14.9 Å². The summed E-state index contributed by atoms with van der Waals surface area (Å²) in [6.45, 7) is 8.25. The minimum absolute atomic E-state index is 0.157. The van der Waals surface area contributed by atoms with E-state index >= 15 is 0 Å². The number of halogens is 1. The van der Waals surface area contributed by atoms with Gasteiger partial charge in [0.05, 0.1) is 17.0 Å². The second-order valence-corrected chi connectivity index (χ2v) is 10.4. The smallest absolute Gasteiger partial charge is 0.399 e. The number of likely N-dealkylation sites (tertiary alicyclic amines) is 1. The standard InChI is InChI=1S/C17H25BClN3O5S/c1-16(2)17(3,4)27-18(26-16)12-9-20-15(21-10-12)28(24,25)11-13-6-5-7-22(13)14(23)8-19/h9-10,13H,5-8,11H2,1-4H3/t13-/m1/s1. The molecule has 0 aromatic carbocycles. The lowest BCUT2D eigenvalue weighted by Gasteiger charge is -2.32. The molecule has 2 saturated heterocycles. The van der Waals surface area contributed by atoms with Gasteiger partial charge in [-0.15, -0.1) is 11.6 Å². The van der Waals surface area contributed by atoms with Crippen LogP contribution in [0.1, 0.15) is 40.5 Å². The highest BCUT2D eigenvalue weighted by Crippen LogP contribution is 2.36. The van der Waals surface area contributed by atoms with Crippen molar-refractivity contribution in [3.63, 3.8) is 0 Å². The molecule has 3 heterocycles. The van der Waals surface area contributed by atoms with Crippen LogP contribution in [0.2, 0.25) is 0 Å². The highest BCUT2D eigenvalue weighted by Gasteiger charge is 2.52. The first kappa shape index (κ1) is 21.5. The van der Waals surface area contributed by atoms with E-state index in [1.807, 2.05) is 27.7 Å². The van der Waals surface area contributed by atoms with Crippen LogP contribution in [-0.2, 0) is 23.9 Å². The number of rotatable bonds is 5. The highest BCUT2D eigenvalue weighted by atomic mass is 35.5. The van der Waals surface area contributed by atoms with E-state index < -0.39 is 34.2 Å². The van der Waals surface area contributed by atoms with Crippen molar-refractivity contribution < 1.29 is 22.5 Å². The van der Waals surface area contributed by atoms with E-state index in [1.165, 1.54) is 17.3 Å². The van der Waals surface area contributed by atoms with Crippen molar-refractivity contribution >= 4 is 39.9 Å². The number of hydrogen-bond donors (Lipinski definition) is 0. The van der Waals surface area contributed by atoms with Crippen LogP contribution in [0.4, 0.5) is 0 Å². The molecule has 2 aliphatic rings. The maximum Gasteiger partial charge on any atom is 0.498 e. The van der Waals surface area contributed by atoms with Crippen LogP contribution in [0, 0.1) is 0 Å². The van der Waals surface area contributed by atoms with Crippen molar-refractivity contribution in [2.24, 2.45) is 0 Å². The zero-order valence-corrected chi connectivity index (χ0v) is 18.1. The lowest BCUT2D eigenvalue weighted by atomic mass is 9.81. The van der Waals surface area contributed by atoms with Gasteiger partial charge < -0.3 is 14.2 Å². The van der Waals surface area contributed by atoms with E-state index in [-0.39, 0.29) is 22.7 Å². The molecule has 1 aromatic heterocycles. The minimum Gasteiger partial charge on any atom is -0.399 e. The fourth-order valence-electron chi connectivity index (χ4n) is 3.33. The van der Waals surface area contributed by atoms with E-state index in [9.17, 15) is 13.2 Å². The summed E-state index contributed by atoms with van der Waals surface area (Å²) >= 11 is 5.62. The maximum absolute atomic E-state index is 12.7. The van der Waals surface area contributed by atoms with Gasteiger partial charge in [0, 0.05) is 30.4 Å². The zero-order chi connectivity index (χ0) is 20.7. The lowest BCUT2D eigenvalue weighted by molar-refractivity contribution is -0.128. The Bertz CT molecular complexity index is 831. The molecule has 3 rings (SSSR count). The summed E-state index contributed by atoms with van der Waals surface area (Å²) < 4.78 is 37.3. The van der Waals surface area contributed by atoms with Gasteiger partial charge >= 0.3 is 7.12 Å². The number of nitrogens with zero attached hydrogens (tertiary/aromatic N) is 3. The Hall–Kier alpha value is -1.23. The Morgan fingerprint density at radius 3 is 2.36 bits per heavy atom. The van der Waals surface area contributed by atoms with Gasteiger partial charge in [-0.25, -0.2) is 18.4 Å². The molecular formula is C17H25BClN3O5S. The summed E-state index contributed by atoms with van der Waals surface area (Å²) in [6, 6.07) is -0.400. The summed E-state index contributed by atoms with van der Waals surface area (Å²) in [4.78, 5) is 21.5. The monoisotopic (exact) mass is 429 g/mol. The molecule has 2 aliphatic heterocycles. The van der Waals surface area contributed by atoms with Gasteiger partial charge in [0.15, 0.2) is 0 Å². The van der Waals surface area contributed by atoms with Crippen molar-refractivity contribution in [3.05, 3.63) is 12.4 Å². The van der Waals surface area contributed by atoms with Crippen LogP contribution in [0.5, 0.6) is 0 Å². The molecule has 154 valence electrons. The molecule has 0 saturated carbocycles. The van der Waals surface area contributed by atoms with Crippen LogP contribution in [0.15, 0.2) is 17.6 Å². The van der Waals surface area contributed by atoms with E-state index in [0.29, 0.717) is 18.4 Å². The predicted octanol–water partition coefficient (Wildman–Crippen LogP) is 0.779. The van der Waals surface area contributed by atoms with Gasteiger partial charge in [-0.1, -0.05) is 0 Å². The molecule has 0 unspecified atom stereocenters.